The summed E-state index contributed by atoms with van der Waals surface area (Å²) in [5.74, 6) is 0.389. The maximum atomic E-state index is 5.74. The van der Waals surface area contributed by atoms with E-state index in [2.05, 4.69) is 26.2 Å². The van der Waals surface area contributed by atoms with Crippen LogP contribution in [0.25, 0.3) is 5.69 Å². The SMILES string of the molecule is Cc1c(CCl)nnn1-c1cccc(Br)c1. The lowest BCUT2D eigenvalue weighted by atomic mass is 10.3. The molecule has 1 heterocycles. The normalized spacial score (nSPS) is 10.6. The zero-order chi connectivity index (χ0) is 10.8. The van der Waals surface area contributed by atoms with Crippen LogP contribution in [0.2, 0.25) is 0 Å². The van der Waals surface area contributed by atoms with Crippen molar-refractivity contribution in [3.63, 3.8) is 0 Å². The van der Waals surface area contributed by atoms with Gasteiger partial charge in [-0.3, -0.25) is 0 Å². The van der Waals surface area contributed by atoms with E-state index < -0.39 is 0 Å². The van der Waals surface area contributed by atoms with Crippen LogP contribution in [0, 0.1) is 6.92 Å². The lowest BCUT2D eigenvalue weighted by molar-refractivity contribution is 0.783. The van der Waals surface area contributed by atoms with Crippen LogP contribution in [0.5, 0.6) is 0 Å². The average Bonchev–Trinajstić information content (AvgIpc) is 2.59. The van der Waals surface area contributed by atoms with Crippen LogP contribution in [0.3, 0.4) is 0 Å². The van der Waals surface area contributed by atoms with Crippen LogP contribution in [-0.2, 0) is 5.88 Å². The third kappa shape index (κ3) is 2.06. The molecule has 0 radical (unpaired) electrons. The Labute approximate surface area is 101 Å². The first kappa shape index (κ1) is 10.6. The number of benzene rings is 1. The number of nitrogens with zero attached hydrogens (tertiary/aromatic N) is 3. The van der Waals surface area contributed by atoms with E-state index in [4.69, 9.17) is 11.6 Å². The number of hydrogen-bond acceptors (Lipinski definition) is 2. The molecule has 0 atom stereocenters. The van der Waals surface area contributed by atoms with Gasteiger partial charge in [0.05, 0.1) is 17.3 Å². The summed E-state index contributed by atoms with van der Waals surface area (Å²) in [5, 5.41) is 8.07. The van der Waals surface area contributed by atoms with Gasteiger partial charge in [0.2, 0.25) is 0 Å². The highest BCUT2D eigenvalue weighted by atomic mass is 79.9. The summed E-state index contributed by atoms with van der Waals surface area (Å²) in [7, 11) is 0. The van der Waals surface area contributed by atoms with E-state index in [1.165, 1.54) is 0 Å². The molecule has 0 aliphatic heterocycles. The molecule has 0 aliphatic rings. The smallest absolute Gasteiger partial charge is 0.101 e. The van der Waals surface area contributed by atoms with Crippen molar-refractivity contribution in [2.45, 2.75) is 12.8 Å². The van der Waals surface area contributed by atoms with Crippen molar-refractivity contribution in [1.29, 1.82) is 0 Å². The van der Waals surface area contributed by atoms with E-state index in [-0.39, 0.29) is 0 Å². The first-order chi connectivity index (χ1) is 7.22. The Bertz CT molecular complexity index is 481. The predicted octanol–water partition coefficient (Wildman–Crippen LogP) is 3.08. The number of aromatic nitrogens is 3. The molecule has 78 valence electrons. The molecule has 0 aliphatic carbocycles. The summed E-state index contributed by atoms with van der Waals surface area (Å²) in [5.41, 5.74) is 2.77. The molecule has 0 N–H and O–H groups in total. The van der Waals surface area contributed by atoms with Crippen molar-refractivity contribution >= 4 is 27.5 Å². The molecule has 0 amide bonds. The molecule has 15 heavy (non-hydrogen) atoms. The Balaban J connectivity index is 2.49. The van der Waals surface area contributed by atoms with Gasteiger partial charge < -0.3 is 0 Å². The van der Waals surface area contributed by atoms with Crippen molar-refractivity contribution in [3.8, 4) is 5.69 Å². The standard InChI is InChI=1S/C10H9BrClN3/c1-7-10(6-12)13-14-15(7)9-4-2-3-8(11)5-9/h2-5H,6H2,1H3. The van der Waals surface area contributed by atoms with E-state index in [0.717, 1.165) is 21.5 Å². The summed E-state index contributed by atoms with van der Waals surface area (Å²) in [6, 6.07) is 7.89. The number of alkyl halides is 1. The monoisotopic (exact) mass is 285 g/mol. The van der Waals surface area contributed by atoms with E-state index in [1.807, 2.05) is 31.2 Å². The van der Waals surface area contributed by atoms with Gasteiger partial charge in [-0.1, -0.05) is 27.2 Å². The summed E-state index contributed by atoms with van der Waals surface area (Å²) in [6.45, 7) is 1.96. The van der Waals surface area contributed by atoms with E-state index in [9.17, 15) is 0 Å². The van der Waals surface area contributed by atoms with Crippen molar-refractivity contribution in [3.05, 3.63) is 40.1 Å². The Hall–Kier alpha value is -0.870. The topological polar surface area (TPSA) is 30.7 Å². The molecule has 0 unspecified atom stereocenters. The van der Waals surface area contributed by atoms with Crippen LogP contribution >= 0.6 is 27.5 Å². The van der Waals surface area contributed by atoms with Crippen LogP contribution in [0.1, 0.15) is 11.4 Å². The second-order valence-electron chi connectivity index (χ2n) is 3.15. The fraction of sp³-hybridized carbons (Fsp3) is 0.200. The molecule has 5 heteroatoms. The average molecular weight is 287 g/mol. The molecule has 1 aromatic heterocycles. The maximum absolute atomic E-state index is 5.74. The van der Waals surface area contributed by atoms with Crippen molar-refractivity contribution in [2.24, 2.45) is 0 Å². The lowest BCUT2D eigenvalue weighted by Gasteiger charge is -2.03. The van der Waals surface area contributed by atoms with Crippen molar-refractivity contribution in [2.75, 3.05) is 0 Å². The van der Waals surface area contributed by atoms with Crippen LogP contribution in [-0.4, -0.2) is 15.0 Å². The Morgan fingerprint density at radius 3 is 2.87 bits per heavy atom. The number of halogens is 2. The van der Waals surface area contributed by atoms with E-state index in [0.29, 0.717) is 5.88 Å². The van der Waals surface area contributed by atoms with Gasteiger partial charge in [-0.05, 0) is 25.1 Å². The van der Waals surface area contributed by atoms with Gasteiger partial charge in [0, 0.05) is 4.47 Å². The minimum absolute atomic E-state index is 0.389. The van der Waals surface area contributed by atoms with Crippen LogP contribution in [0.15, 0.2) is 28.7 Å². The van der Waals surface area contributed by atoms with Gasteiger partial charge in [-0.15, -0.1) is 16.7 Å². The second kappa shape index (κ2) is 4.33. The number of hydrogen-bond donors (Lipinski definition) is 0. The molecule has 1 aromatic carbocycles. The first-order valence-corrected chi connectivity index (χ1v) is 5.78. The highest BCUT2D eigenvalue weighted by molar-refractivity contribution is 9.10. The predicted molar refractivity (Wildman–Crippen MR) is 63.4 cm³/mol. The van der Waals surface area contributed by atoms with Crippen LogP contribution in [0.4, 0.5) is 0 Å². The van der Waals surface area contributed by atoms with E-state index >= 15 is 0 Å². The Morgan fingerprint density at radius 1 is 1.47 bits per heavy atom. The Kier molecular flexibility index (Phi) is 3.07. The quantitative estimate of drug-likeness (QED) is 0.794. The molecule has 2 rings (SSSR count). The van der Waals surface area contributed by atoms with Gasteiger partial charge in [0.1, 0.15) is 5.69 Å². The Morgan fingerprint density at radius 2 is 2.27 bits per heavy atom. The van der Waals surface area contributed by atoms with Gasteiger partial charge in [0.15, 0.2) is 0 Å². The molecule has 0 fully saturated rings. The molecule has 0 bridgehead atoms. The third-order valence-electron chi connectivity index (χ3n) is 2.17. The fourth-order valence-electron chi connectivity index (χ4n) is 1.34. The minimum Gasteiger partial charge on any atom is -0.218 e. The van der Waals surface area contributed by atoms with Crippen molar-refractivity contribution < 1.29 is 0 Å². The number of rotatable bonds is 2. The summed E-state index contributed by atoms with van der Waals surface area (Å²) >= 11 is 9.16. The molecule has 0 spiro atoms. The highest BCUT2D eigenvalue weighted by Gasteiger charge is 2.08. The largest absolute Gasteiger partial charge is 0.218 e. The molecule has 2 aromatic rings. The van der Waals surface area contributed by atoms with Gasteiger partial charge in [-0.25, -0.2) is 4.68 Å². The summed E-state index contributed by atoms with van der Waals surface area (Å²) < 4.78 is 2.80. The van der Waals surface area contributed by atoms with Gasteiger partial charge in [0.25, 0.3) is 0 Å². The summed E-state index contributed by atoms with van der Waals surface area (Å²) in [6.07, 6.45) is 0. The first-order valence-electron chi connectivity index (χ1n) is 4.45. The molecular weight excluding hydrogens is 277 g/mol. The molecule has 0 saturated heterocycles. The van der Waals surface area contributed by atoms with Crippen molar-refractivity contribution in [1.82, 2.24) is 15.0 Å². The van der Waals surface area contributed by atoms with Gasteiger partial charge in [-0.2, -0.15) is 0 Å². The zero-order valence-electron chi connectivity index (χ0n) is 8.11. The molecular formula is C10H9BrClN3. The van der Waals surface area contributed by atoms with Gasteiger partial charge >= 0.3 is 0 Å². The molecule has 3 nitrogen and oxygen atoms in total. The lowest BCUT2D eigenvalue weighted by Crippen LogP contribution is -1.99. The second-order valence-corrected chi connectivity index (χ2v) is 4.33. The summed E-state index contributed by atoms with van der Waals surface area (Å²) in [4.78, 5) is 0. The fourth-order valence-corrected chi connectivity index (χ4v) is 1.97. The third-order valence-corrected chi connectivity index (χ3v) is 2.92. The maximum Gasteiger partial charge on any atom is 0.101 e. The van der Waals surface area contributed by atoms with Crippen LogP contribution < -0.4 is 0 Å². The minimum atomic E-state index is 0.389. The van der Waals surface area contributed by atoms with E-state index in [1.54, 1.807) is 4.68 Å². The molecule has 0 saturated carbocycles. The highest BCUT2D eigenvalue weighted by Crippen LogP contribution is 2.17. The zero-order valence-corrected chi connectivity index (χ0v) is 10.5.